The van der Waals surface area contributed by atoms with Crippen LogP contribution in [0, 0.1) is 5.41 Å². The van der Waals surface area contributed by atoms with Gasteiger partial charge in [0.25, 0.3) is 0 Å². The van der Waals surface area contributed by atoms with Crippen LogP contribution in [0.4, 0.5) is 0 Å². The molecule has 2 aliphatic heterocycles. The Balaban J connectivity index is 1.66. The highest BCUT2D eigenvalue weighted by molar-refractivity contribution is 7.10. The fourth-order valence-corrected chi connectivity index (χ4v) is 5.12. The summed E-state index contributed by atoms with van der Waals surface area (Å²) in [5, 5.41) is 2.12. The molecule has 0 aromatic carbocycles. The third-order valence-electron chi connectivity index (χ3n) is 5.96. The molecule has 2 atom stereocenters. The van der Waals surface area contributed by atoms with Crippen molar-refractivity contribution in [2.24, 2.45) is 5.41 Å². The zero-order chi connectivity index (χ0) is 16.4. The van der Waals surface area contributed by atoms with E-state index in [4.69, 9.17) is 0 Å². The first-order chi connectivity index (χ1) is 11.0. The van der Waals surface area contributed by atoms with Crippen LogP contribution in [0.15, 0.2) is 17.5 Å². The lowest BCUT2D eigenvalue weighted by atomic mass is 9.80. The summed E-state index contributed by atoms with van der Waals surface area (Å²) < 4.78 is 0. The Morgan fingerprint density at radius 1 is 1.30 bits per heavy atom. The smallest absolute Gasteiger partial charge is 0.237 e. The average Bonchev–Trinajstić information content (AvgIpc) is 3.26. The minimum absolute atomic E-state index is 0.301. The SMILES string of the molecule is CCC(C)(C)C1CCCN1CC(=O)N1CCCC1c1cccs1. The quantitative estimate of drug-likeness (QED) is 0.801. The summed E-state index contributed by atoms with van der Waals surface area (Å²) in [6.07, 6.45) is 5.90. The molecule has 2 unspecified atom stereocenters. The van der Waals surface area contributed by atoms with Crippen LogP contribution in [0.2, 0.25) is 0 Å². The van der Waals surface area contributed by atoms with Crippen LogP contribution in [0.5, 0.6) is 0 Å². The monoisotopic (exact) mass is 334 g/mol. The Morgan fingerprint density at radius 3 is 2.78 bits per heavy atom. The molecule has 0 saturated carbocycles. The Labute approximate surface area is 144 Å². The molecular formula is C19H30N2OS. The number of hydrogen-bond donors (Lipinski definition) is 0. The Hall–Kier alpha value is -0.870. The first-order valence-electron chi connectivity index (χ1n) is 9.10. The minimum Gasteiger partial charge on any atom is -0.334 e. The van der Waals surface area contributed by atoms with Crippen molar-refractivity contribution in [1.82, 2.24) is 9.80 Å². The summed E-state index contributed by atoms with van der Waals surface area (Å²) in [5.74, 6) is 0.333. The maximum absolute atomic E-state index is 13.0. The van der Waals surface area contributed by atoms with Gasteiger partial charge in [0, 0.05) is 17.5 Å². The van der Waals surface area contributed by atoms with E-state index in [0.29, 0.717) is 30.0 Å². The van der Waals surface area contributed by atoms with Gasteiger partial charge < -0.3 is 4.90 Å². The highest BCUT2D eigenvalue weighted by Crippen LogP contribution is 2.37. The van der Waals surface area contributed by atoms with Gasteiger partial charge in [-0.3, -0.25) is 9.69 Å². The van der Waals surface area contributed by atoms with Gasteiger partial charge in [0.05, 0.1) is 12.6 Å². The van der Waals surface area contributed by atoms with Crippen LogP contribution in [-0.4, -0.2) is 41.4 Å². The summed E-state index contributed by atoms with van der Waals surface area (Å²) in [5.41, 5.74) is 0.301. The van der Waals surface area contributed by atoms with Crippen molar-refractivity contribution >= 4 is 17.2 Å². The molecule has 23 heavy (non-hydrogen) atoms. The molecule has 0 radical (unpaired) electrons. The van der Waals surface area contributed by atoms with Crippen LogP contribution in [0.1, 0.15) is 63.8 Å². The molecule has 128 valence electrons. The molecule has 0 N–H and O–H groups in total. The summed E-state index contributed by atoms with van der Waals surface area (Å²) >= 11 is 1.79. The Bertz CT molecular complexity index is 525. The van der Waals surface area contributed by atoms with E-state index >= 15 is 0 Å². The molecule has 0 aliphatic carbocycles. The second-order valence-corrected chi connectivity index (χ2v) is 8.71. The molecule has 4 heteroatoms. The molecule has 0 spiro atoms. The molecular weight excluding hydrogens is 304 g/mol. The number of hydrogen-bond acceptors (Lipinski definition) is 3. The molecule has 2 fully saturated rings. The number of rotatable bonds is 5. The van der Waals surface area contributed by atoms with Crippen molar-refractivity contribution in [2.75, 3.05) is 19.6 Å². The lowest BCUT2D eigenvalue weighted by Crippen LogP contribution is -2.46. The lowest BCUT2D eigenvalue weighted by Gasteiger charge is -2.38. The fraction of sp³-hybridized carbons (Fsp3) is 0.737. The second kappa shape index (κ2) is 6.94. The van der Waals surface area contributed by atoms with Crippen molar-refractivity contribution in [3.8, 4) is 0 Å². The molecule has 2 aliphatic rings. The summed E-state index contributed by atoms with van der Waals surface area (Å²) in [6, 6.07) is 5.16. The van der Waals surface area contributed by atoms with Gasteiger partial charge in [-0.15, -0.1) is 11.3 Å². The zero-order valence-electron chi connectivity index (χ0n) is 14.8. The maximum atomic E-state index is 13.0. The average molecular weight is 335 g/mol. The van der Waals surface area contributed by atoms with E-state index in [2.05, 4.69) is 48.1 Å². The van der Waals surface area contributed by atoms with Crippen molar-refractivity contribution < 1.29 is 4.79 Å². The van der Waals surface area contributed by atoms with Crippen LogP contribution in [-0.2, 0) is 4.79 Å². The van der Waals surface area contributed by atoms with Crippen LogP contribution in [0.3, 0.4) is 0 Å². The number of thiophene rings is 1. The minimum atomic E-state index is 0.301. The Morgan fingerprint density at radius 2 is 2.09 bits per heavy atom. The van der Waals surface area contributed by atoms with E-state index in [1.807, 2.05) is 0 Å². The van der Waals surface area contributed by atoms with Gasteiger partial charge in [0.1, 0.15) is 0 Å². The highest BCUT2D eigenvalue weighted by atomic mass is 32.1. The predicted molar refractivity (Wildman–Crippen MR) is 96.7 cm³/mol. The standard InChI is InChI=1S/C19H30N2OS/c1-4-19(2,3)17-10-6-11-20(17)14-18(22)21-12-5-8-15(21)16-9-7-13-23-16/h7,9,13,15,17H,4-6,8,10-12,14H2,1-3H3. The van der Waals surface area contributed by atoms with E-state index in [1.165, 1.54) is 24.1 Å². The summed E-state index contributed by atoms with van der Waals surface area (Å²) in [7, 11) is 0. The van der Waals surface area contributed by atoms with Crippen molar-refractivity contribution in [1.29, 1.82) is 0 Å². The van der Waals surface area contributed by atoms with Gasteiger partial charge in [-0.25, -0.2) is 0 Å². The van der Waals surface area contributed by atoms with Gasteiger partial charge in [-0.1, -0.05) is 26.8 Å². The fourth-order valence-electron chi connectivity index (χ4n) is 4.24. The number of nitrogens with zero attached hydrogens (tertiary/aromatic N) is 2. The van der Waals surface area contributed by atoms with E-state index in [1.54, 1.807) is 11.3 Å². The largest absolute Gasteiger partial charge is 0.334 e. The highest BCUT2D eigenvalue weighted by Gasteiger charge is 2.38. The van der Waals surface area contributed by atoms with E-state index in [9.17, 15) is 4.79 Å². The summed E-state index contributed by atoms with van der Waals surface area (Å²) in [4.78, 5) is 18.9. The molecule has 2 saturated heterocycles. The third kappa shape index (κ3) is 3.48. The van der Waals surface area contributed by atoms with E-state index in [0.717, 1.165) is 25.9 Å². The van der Waals surface area contributed by atoms with Crippen molar-refractivity contribution in [3.63, 3.8) is 0 Å². The second-order valence-electron chi connectivity index (χ2n) is 7.73. The topological polar surface area (TPSA) is 23.6 Å². The molecule has 3 rings (SSSR count). The predicted octanol–water partition coefficient (Wildman–Crippen LogP) is 4.31. The van der Waals surface area contributed by atoms with E-state index in [-0.39, 0.29) is 0 Å². The molecule has 1 aromatic heterocycles. The normalized spacial score (nSPS) is 26.1. The lowest BCUT2D eigenvalue weighted by molar-refractivity contribution is -0.134. The van der Waals surface area contributed by atoms with Gasteiger partial charge in [-0.2, -0.15) is 0 Å². The molecule has 1 amide bonds. The van der Waals surface area contributed by atoms with Crippen LogP contribution >= 0.6 is 11.3 Å². The number of likely N-dealkylation sites (tertiary alicyclic amines) is 2. The van der Waals surface area contributed by atoms with Gasteiger partial charge >= 0.3 is 0 Å². The van der Waals surface area contributed by atoms with Crippen LogP contribution < -0.4 is 0 Å². The molecule has 3 nitrogen and oxygen atoms in total. The third-order valence-corrected chi connectivity index (χ3v) is 6.93. The van der Waals surface area contributed by atoms with Crippen LogP contribution in [0.25, 0.3) is 0 Å². The van der Waals surface area contributed by atoms with Gasteiger partial charge in [0.2, 0.25) is 5.91 Å². The summed E-state index contributed by atoms with van der Waals surface area (Å²) in [6.45, 7) is 9.59. The molecule has 3 heterocycles. The van der Waals surface area contributed by atoms with Crippen molar-refractivity contribution in [3.05, 3.63) is 22.4 Å². The van der Waals surface area contributed by atoms with Gasteiger partial charge in [0.15, 0.2) is 0 Å². The zero-order valence-corrected chi connectivity index (χ0v) is 15.6. The van der Waals surface area contributed by atoms with Crippen molar-refractivity contribution in [2.45, 2.75) is 65.0 Å². The Kier molecular flexibility index (Phi) is 5.12. The first kappa shape index (κ1) is 17.0. The number of carbonyl (C=O) groups is 1. The molecule has 0 bridgehead atoms. The maximum Gasteiger partial charge on any atom is 0.237 e. The van der Waals surface area contributed by atoms with Gasteiger partial charge in [-0.05, 0) is 55.5 Å². The van der Waals surface area contributed by atoms with E-state index < -0.39 is 0 Å². The number of carbonyl (C=O) groups excluding carboxylic acids is 1. The first-order valence-corrected chi connectivity index (χ1v) is 9.98. The molecule has 1 aromatic rings. The number of amides is 1.